The molecule has 6 nitrogen and oxygen atoms in total. The first-order chi connectivity index (χ1) is 16.5. The Hall–Kier alpha value is -2.45. The standard InChI is InChI=1S/C26H30ClN5OS/c1-18-17-22(19(2)32(18)21-8-6-20(27)7-9-21)25-24(23-5-3-4-10-28-23)29-26(34)31(25)12-11-30-13-15-33-16-14-30/h3-10,17,24-25H,11-16H2,1-2H3,(H,29,34)/t24-,25+/m1/s1. The van der Waals surface area contributed by atoms with E-state index in [4.69, 9.17) is 28.6 Å². The van der Waals surface area contributed by atoms with Gasteiger partial charge in [0.2, 0.25) is 0 Å². The van der Waals surface area contributed by atoms with E-state index in [0.717, 1.165) is 60.9 Å². The molecule has 0 saturated carbocycles. The third-order valence-corrected chi connectivity index (χ3v) is 7.44. The molecule has 2 aliphatic rings. The molecule has 0 unspecified atom stereocenters. The lowest BCUT2D eigenvalue weighted by atomic mass is 9.96. The van der Waals surface area contributed by atoms with E-state index < -0.39 is 0 Å². The molecule has 34 heavy (non-hydrogen) atoms. The second kappa shape index (κ2) is 10.0. The molecule has 0 bridgehead atoms. The van der Waals surface area contributed by atoms with E-state index in [1.807, 2.05) is 30.5 Å². The molecule has 2 saturated heterocycles. The summed E-state index contributed by atoms with van der Waals surface area (Å²) in [5, 5.41) is 5.10. The molecule has 0 radical (unpaired) electrons. The predicted octanol–water partition coefficient (Wildman–Crippen LogP) is 4.45. The van der Waals surface area contributed by atoms with Crippen molar-refractivity contribution >= 4 is 28.9 Å². The zero-order valence-electron chi connectivity index (χ0n) is 19.6. The molecular formula is C26H30ClN5OS. The summed E-state index contributed by atoms with van der Waals surface area (Å²) >= 11 is 12.0. The number of pyridine rings is 1. The number of nitrogens with one attached hydrogen (secondary N) is 1. The average Bonchev–Trinajstić information content (AvgIpc) is 3.34. The molecule has 2 fully saturated rings. The molecule has 2 atom stereocenters. The van der Waals surface area contributed by atoms with E-state index in [0.29, 0.717) is 0 Å². The fourth-order valence-corrected chi connectivity index (χ4v) is 5.59. The minimum absolute atomic E-state index is 0.0162. The van der Waals surface area contributed by atoms with Crippen molar-refractivity contribution in [3.63, 3.8) is 0 Å². The third-order valence-electron chi connectivity index (χ3n) is 6.83. The van der Waals surface area contributed by atoms with Crippen LogP contribution in [0.25, 0.3) is 5.69 Å². The van der Waals surface area contributed by atoms with Crippen LogP contribution in [0.3, 0.4) is 0 Å². The fraction of sp³-hybridized carbons (Fsp3) is 0.385. The highest BCUT2D eigenvalue weighted by atomic mass is 35.5. The number of hydrogen-bond acceptors (Lipinski definition) is 4. The van der Waals surface area contributed by atoms with Gasteiger partial charge in [0.05, 0.1) is 31.0 Å². The van der Waals surface area contributed by atoms with E-state index >= 15 is 0 Å². The number of morpholine rings is 1. The van der Waals surface area contributed by atoms with Gasteiger partial charge in [0.15, 0.2) is 5.11 Å². The molecular weight excluding hydrogens is 466 g/mol. The average molecular weight is 496 g/mol. The molecule has 0 spiro atoms. The number of aryl methyl sites for hydroxylation is 1. The summed E-state index contributed by atoms with van der Waals surface area (Å²) in [5.74, 6) is 0. The van der Waals surface area contributed by atoms with E-state index in [2.05, 4.69) is 62.8 Å². The van der Waals surface area contributed by atoms with Crippen molar-refractivity contribution < 1.29 is 4.74 Å². The number of hydrogen-bond donors (Lipinski definition) is 1. The van der Waals surface area contributed by atoms with Crippen LogP contribution in [-0.2, 0) is 4.74 Å². The van der Waals surface area contributed by atoms with Gasteiger partial charge in [0.25, 0.3) is 0 Å². The Bertz CT molecular complexity index is 1140. The number of nitrogens with zero attached hydrogens (tertiary/aromatic N) is 4. The molecule has 1 N–H and O–H groups in total. The van der Waals surface area contributed by atoms with Crippen molar-refractivity contribution in [3.8, 4) is 5.69 Å². The summed E-state index contributed by atoms with van der Waals surface area (Å²) < 4.78 is 7.82. The van der Waals surface area contributed by atoms with Crippen LogP contribution in [0.2, 0.25) is 5.02 Å². The topological polar surface area (TPSA) is 45.6 Å². The number of aromatic nitrogens is 2. The van der Waals surface area contributed by atoms with Crippen LogP contribution in [0.15, 0.2) is 54.7 Å². The third kappa shape index (κ3) is 4.58. The van der Waals surface area contributed by atoms with Gasteiger partial charge in [-0.25, -0.2) is 0 Å². The summed E-state index contributed by atoms with van der Waals surface area (Å²) in [6.45, 7) is 9.67. The Morgan fingerprint density at radius 1 is 1.09 bits per heavy atom. The molecule has 8 heteroatoms. The van der Waals surface area contributed by atoms with Crippen LogP contribution in [0.5, 0.6) is 0 Å². The Morgan fingerprint density at radius 2 is 1.85 bits per heavy atom. The van der Waals surface area contributed by atoms with E-state index in [9.17, 15) is 0 Å². The molecule has 0 amide bonds. The van der Waals surface area contributed by atoms with E-state index in [-0.39, 0.29) is 12.1 Å². The maximum atomic E-state index is 6.15. The second-order valence-corrected chi connectivity index (χ2v) is 9.74. The minimum atomic E-state index is -0.0162. The molecule has 2 aromatic heterocycles. The molecule has 2 aliphatic heterocycles. The molecule has 1 aromatic carbocycles. The predicted molar refractivity (Wildman–Crippen MR) is 140 cm³/mol. The van der Waals surface area contributed by atoms with Crippen molar-refractivity contribution in [2.75, 3.05) is 39.4 Å². The van der Waals surface area contributed by atoms with Gasteiger partial charge in [-0.3, -0.25) is 9.88 Å². The molecule has 178 valence electrons. The van der Waals surface area contributed by atoms with Gasteiger partial charge < -0.3 is 19.5 Å². The maximum absolute atomic E-state index is 6.15. The van der Waals surface area contributed by atoms with Gasteiger partial charge in [-0.05, 0) is 74.1 Å². The maximum Gasteiger partial charge on any atom is 0.170 e. The van der Waals surface area contributed by atoms with Crippen molar-refractivity contribution in [2.45, 2.75) is 25.9 Å². The number of halogens is 1. The number of ether oxygens (including phenoxy) is 1. The SMILES string of the molecule is Cc1cc([C@H]2[C@@H](c3ccccn3)NC(=S)N2CCN2CCOCC2)c(C)n1-c1ccc(Cl)cc1. The van der Waals surface area contributed by atoms with E-state index in [1.54, 1.807) is 0 Å². The molecule has 5 rings (SSSR count). The van der Waals surface area contributed by atoms with Crippen molar-refractivity contribution in [3.05, 3.63) is 82.4 Å². The van der Waals surface area contributed by atoms with Crippen molar-refractivity contribution in [1.29, 1.82) is 0 Å². The summed E-state index contributed by atoms with van der Waals surface area (Å²) in [6, 6.07) is 16.4. The number of rotatable bonds is 6. The summed E-state index contributed by atoms with van der Waals surface area (Å²) in [6.07, 6.45) is 1.85. The smallest absolute Gasteiger partial charge is 0.170 e. The van der Waals surface area contributed by atoms with Crippen LogP contribution in [0, 0.1) is 13.8 Å². The molecule has 3 aromatic rings. The van der Waals surface area contributed by atoms with Crippen molar-refractivity contribution in [1.82, 2.24) is 24.7 Å². The lowest BCUT2D eigenvalue weighted by Crippen LogP contribution is -2.42. The molecule has 4 heterocycles. The zero-order chi connectivity index (χ0) is 23.7. The van der Waals surface area contributed by atoms with Gasteiger partial charge in [0, 0.05) is 54.5 Å². The van der Waals surface area contributed by atoms with Gasteiger partial charge in [0.1, 0.15) is 0 Å². The Balaban J connectivity index is 1.52. The van der Waals surface area contributed by atoms with Crippen LogP contribution in [0.4, 0.5) is 0 Å². The highest BCUT2D eigenvalue weighted by Crippen LogP contribution is 2.41. The Kier molecular flexibility index (Phi) is 6.88. The Labute approximate surface area is 211 Å². The number of thiocarbonyl (C=S) groups is 1. The van der Waals surface area contributed by atoms with Crippen molar-refractivity contribution in [2.24, 2.45) is 0 Å². The van der Waals surface area contributed by atoms with Gasteiger partial charge in [-0.2, -0.15) is 0 Å². The lowest BCUT2D eigenvalue weighted by molar-refractivity contribution is 0.0350. The number of benzene rings is 1. The van der Waals surface area contributed by atoms with Gasteiger partial charge >= 0.3 is 0 Å². The van der Waals surface area contributed by atoms with Crippen LogP contribution in [-0.4, -0.2) is 63.9 Å². The van der Waals surface area contributed by atoms with Crippen LogP contribution in [0.1, 0.15) is 34.7 Å². The normalized spacial score (nSPS) is 21.1. The van der Waals surface area contributed by atoms with Crippen LogP contribution < -0.4 is 5.32 Å². The quantitative estimate of drug-likeness (QED) is 0.510. The zero-order valence-corrected chi connectivity index (χ0v) is 21.1. The largest absolute Gasteiger partial charge is 0.379 e. The monoisotopic (exact) mass is 495 g/mol. The molecule has 0 aliphatic carbocycles. The summed E-state index contributed by atoms with van der Waals surface area (Å²) in [4.78, 5) is 9.48. The fourth-order valence-electron chi connectivity index (χ4n) is 5.13. The second-order valence-electron chi connectivity index (χ2n) is 8.91. The first kappa shape index (κ1) is 23.3. The minimum Gasteiger partial charge on any atom is -0.379 e. The van der Waals surface area contributed by atoms with Gasteiger partial charge in [-0.1, -0.05) is 17.7 Å². The summed E-state index contributed by atoms with van der Waals surface area (Å²) in [5.41, 5.74) is 5.75. The van der Waals surface area contributed by atoms with Gasteiger partial charge in [-0.15, -0.1) is 0 Å². The lowest BCUT2D eigenvalue weighted by Gasteiger charge is -2.32. The highest BCUT2D eigenvalue weighted by molar-refractivity contribution is 7.80. The highest BCUT2D eigenvalue weighted by Gasteiger charge is 2.41. The van der Waals surface area contributed by atoms with E-state index in [1.165, 1.54) is 17.0 Å². The first-order valence-corrected chi connectivity index (χ1v) is 12.5. The van der Waals surface area contributed by atoms with Crippen LogP contribution >= 0.6 is 23.8 Å². The Morgan fingerprint density at radius 3 is 2.56 bits per heavy atom. The summed E-state index contributed by atoms with van der Waals surface area (Å²) in [7, 11) is 0. The first-order valence-electron chi connectivity index (χ1n) is 11.8.